The van der Waals surface area contributed by atoms with E-state index in [1.807, 2.05) is 38.1 Å². The fourth-order valence-corrected chi connectivity index (χ4v) is 2.25. The molecule has 1 unspecified atom stereocenters. The number of benzene rings is 2. The first-order valence-electron chi connectivity index (χ1n) is 7.19. The molecule has 2 nitrogen and oxygen atoms in total. The molecule has 2 aromatic rings. The summed E-state index contributed by atoms with van der Waals surface area (Å²) >= 11 is 0. The zero-order valence-corrected chi connectivity index (χ0v) is 12.4. The van der Waals surface area contributed by atoms with Gasteiger partial charge in [0.2, 0.25) is 5.91 Å². The lowest BCUT2D eigenvalue weighted by molar-refractivity contribution is -0.121. The summed E-state index contributed by atoms with van der Waals surface area (Å²) in [5.41, 5.74) is 3.12. The molecule has 0 spiro atoms. The van der Waals surface area contributed by atoms with Crippen LogP contribution in [0.2, 0.25) is 0 Å². The molecule has 3 heteroatoms. The van der Waals surface area contributed by atoms with E-state index >= 15 is 0 Å². The van der Waals surface area contributed by atoms with Crippen LogP contribution in [0.25, 0.3) is 0 Å². The van der Waals surface area contributed by atoms with Crippen molar-refractivity contribution in [2.75, 3.05) is 0 Å². The van der Waals surface area contributed by atoms with E-state index in [1.54, 1.807) is 12.1 Å². The Hall–Kier alpha value is -2.16. The van der Waals surface area contributed by atoms with Gasteiger partial charge in [0, 0.05) is 0 Å². The van der Waals surface area contributed by atoms with Gasteiger partial charge in [-0.05, 0) is 36.6 Å². The summed E-state index contributed by atoms with van der Waals surface area (Å²) in [7, 11) is 0. The van der Waals surface area contributed by atoms with Crippen molar-refractivity contribution in [2.45, 2.75) is 32.7 Å². The lowest BCUT2D eigenvalue weighted by Gasteiger charge is -2.17. The van der Waals surface area contributed by atoms with Crippen molar-refractivity contribution in [1.82, 2.24) is 5.32 Å². The molecule has 1 atom stereocenters. The third-order valence-electron chi connectivity index (χ3n) is 3.50. The molecule has 1 amide bonds. The third kappa shape index (κ3) is 4.42. The van der Waals surface area contributed by atoms with Gasteiger partial charge in [-0.15, -0.1) is 0 Å². The Morgan fingerprint density at radius 2 is 1.71 bits per heavy atom. The number of hydrogen-bond donors (Lipinski definition) is 1. The average Bonchev–Trinajstić information content (AvgIpc) is 2.48. The smallest absolute Gasteiger partial charge is 0.224 e. The van der Waals surface area contributed by atoms with Crippen LogP contribution in [0.1, 0.15) is 36.1 Å². The molecule has 0 bridgehead atoms. The molecule has 0 saturated heterocycles. The number of carbonyl (C=O) groups is 1. The van der Waals surface area contributed by atoms with Crippen molar-refractivity contribution in [3.8, 4) is 0 Å². The molecular formula is C18H20FNO. The number of rotatable bonds is 5. The molecule has 0 radical (unpaired) electrons. The maximum absolute atomic E-state index is 12.8. The third-order valence-corrected chi connectivity index (χ3v) is 3.50. The number of nitrogens with one attached hydrogen (secondary N) is 1. The second-order valence-electron chi connectivity index (χ2n) is 5.24. The highest BCUT2D eigenvalue weighted by molar-refractivity contribution is 5.79. The van der Waals surface area contributed by atoms with Crippen LogP contribution in [-0.2, 0) is 11.2 Å². The summed E-state index contributed by atoms with van der Waals surface area (Å²) in [4.78, 5) is 12.1. The van der Waals surface area contributed by atoms with Crippen molar-refractivity contribution in [3.63, 3.8) is 0 Å². The van der Waals surface area contributed by atoms with Crippen LogP contribution >= 0.6 is 0 Å². The van der Waals surface area contributed by atoms with Gasteiger partial charge in [0.25, 0.3) is 0 Å². The van der Waals surface area contributed by atoms with Gasteiger partial charge < -0.3 is 5.32 Å². The Morgan fingerprint density at radius 3 is 2.29 bits per heavy atom. The molecule has 0 fully saturated rings. The van der Waals surface area contributed by atoms with Gasteiger partial charge in [-0.2, -0.15) is 0 Å². The second-order valence-corrected chi connectivity index (χ2v) is 5.24. The summed E-state index contributed by atoms with van der Waals surface area (Å²) in [5.74, 6) is -0.334. The molecule has 0 aromatic heterocycles. The Labute approximate surface area is 125 Å². The molecule has 2 rings (SSSR count). The van der Waals surface area contributed by atoms with E-state index in [9.17, 15) is 9.18 Å². The number of amides is 1. The minimum Gasteiger partial charge on any atom is -0.349 e. The van der Waals surface area contributed by atoms with Gasteiger partial charge in [-0.3, -0.25) is 4.79 Å². The summed E-state index contributed by atoms with van der Waals surface area (Å²) in [6, 6.07) is 14.2. The quantitative estimate of drug-likeness (QED) is 0.885. The molecule has 0 saturated carbocycles. The largest absolute Gasteiger partial charge is 0.349 e. The summed E-state index contributed by atoms with van der Waals surface area (Å²) < 4.78 is 12.8. The molecule has 21 heavy (non-hydrogen) atoms. The zero-order valence-electron chi connectivity index (χ0n) is 12.4. The van der Waals surface area contributed by atoms with E-state index in [-0.39, 0.29) is 24.2 Å². The number of aryl methyl sites for hydroxylation is 1. The van der Waals surface area contributed by atoms with Gasteiger partial charge in [-0.25, -0.2) is 4.39 Å². The molecule has 0 aliphatic carbocycles. The van der Waals surface area contributed by atoms with E-state index in [0.717, 1.165) is 17.5 Å². The van der Waals surface area contributed by atoms with Gasteiger partial charge >= 0.3 is 0 Å². The van der Waals surface area contributed by atoms with Gasteiger partial charge in [-0.1, -0.05) is 48.9 Å². The van der Waals surface area contributed by atoms with E-state index in [2.05, 4.69) is 5.32 Å². The minimum atomic E-state index is -0.287. The van der Waals surface area contributed by atoms with E-state index in [1.165, 1.54) is 17.7 Å². The van der Waals surface area contributed by atoms with E-state index < -0.39 is 0 Å². The molecule has 110 valence electrons. The topological polar surface area (TPSA) is 29.1 Å². The Kier molecular flexibility index (Phi) is 5.09. The SMILES string of the molecule is CCC(NC(=O)Cc1ccc(F)cc1)c1ccc(C)cc1. The zero-order chi connectivity index (χ0) is 15.2. The number of carbonyl (C=O) groups excluding carboxylic acids is 1. The molecule has 2 aromatic carbocycles. The maximum Gasteiger partial charge on any atom is 0.224 e. The molecule has 0 heterocycles. The predicted octanol–water partition coefficient (Wildman–Crippen LogP) is 3.94. The van der Waals surface area contributed by atoms with Crippen LogP contribution in [0.3, 0.4) is 0 Å². The fraction of sp³-hybridized carbons (Fsp3) is 0.278. The van der Waals surface area contributed by atoms with E-state index in [0.29, 0.717) is 0 Å². The summed E-state index contributed by atoms with van der Waals surface area (Å²) in [6.45, 7) is 4.08. The molecule has 0 aliphatic rings. The predicted molar refractivity (Wildman–Crippen MR) is 82.5 cm³/mol. The van der Waals surface area contributed by atoms with Gasteiger partial charge in [0.1, 0.15) is 5.82 Å². The van der Waals surface area contributed by atoms with Crippen LogP contribution < -0.4 is 5.32 Å². The van der Waals surface area contributed by atoms with Crippen molar-refractivity contribution < 1.29 is 9.18 Å². The van der Waals surface area contributed by atoms with Crippen molar-refractivity contribution >= 4 is 5.91 Å². The fourth-order valence-electron chi connectivity index (χ4n) is 2.25. The Morgan fingerprint density at radius 1 is 1.10 bits per heavy atom. The number of hydrogen-bond acceptors (Lipinski definition) is 1. The van der Waals surface area contributed by atoms with Crippen LogP contribution in [0.4, 0.5) is 4.39 Å². The molecule has 1 N–H and O–H groups in total. The monoisotopic (exact) mass is 285 g/mol. The van der Waals surface area contributed by atoms with Gasteiger partial charge in [0.15, 0.2) is 0 Å². The molecular weight excluding hydrogens is 265 g/mol. The van der Waals surface area contributed by atoms with Crippen LogP contribution in [0.15, 0.2) is 48.5 Å². The Bertz CT molecular complexity index is 590. The van der Waals surface area contributed by atoms with Gasteiger partial charge in [0.05, 0.1) is 12.5 Å². The first-order chi connectivity index (χ1) is 10.1. The lowest BCUT2D eigenvalue weighted by Crippen LogP contribution is -2.29. The maximum atomic E-state index is 12.8. The standard InChI is InChI=1S/C18H20FNO/c1-3-17(15-8-4-13(2)5-9-15)20-18(21)12-14-6-10-16(19)11-7-14/h4-11,17H,3,12H2,1-2H3,(H,20,21). The highest BCUT2D eigenvalue weighted by atomic mass is 19.1. The first-order valence-corrected chi connectivity index (χ1v) is 7.19. The average molecular weight is 285 g/mol. The highest BCUT2D eigenvalue weighted by Crippen LogP contribution is 2.17. The van der Waals surface area contributed by atoms with E-state index in [4.69, 9.17) is 0 Å². The Balaban J connectivity index is 1.99. The summed E-state index contributed by atoms with van der Waals surface area (Å²) in [6.07, 6.45) is 1.10. The number of halogens is 1. The van der Waals surface area contributed by atoms with Crippen molar-refractivity contribution in [3.05, 3.63) is 71.0 Å². The summed E-state index contributed by atoms with van der Waals surface area (Å²) in [5, 5.41) is 3.03. The van der Waals surface area contributed by atoms with Crippen molar-refractivity contribution in [1.29, 1.82) is 0 Å². The van der Waals surface area contributed by atoms with Crippen LogP contribution in [-0.4, -0.2) is 5.91 Å². The van der Waals surface area contributed by atoms with Crippen LogP contribution in [0, 0.1) is 12.7 Å². The highest BCUT2D eigenvalue weighted by Gasteiger charge is 2.12. The second kappa shape index (κ2) is 7.02. The lowest BCUT2D eigenvalue weighted by atomic mass is 10.0. The molecule has 0 aliphatic heterocycles. The minimum absolute atomic E-state index is 0.0125. The normalized spacial score (nSPS) is 12.0. The first kappa shape index (κ1) is 15.2. The van der Waals surface area contributed by atoms with Crippen LogP contribution in [0.5, 0.6) is 0 Å². The van der Waals surface area contributed by atoms with Crippen molar-refractivity contribution in [2.24, 2.45) is 0 Å².